The number of primary amides is 1. The van der Waals surface area contributed by atoms with Crippen molar-refractivity contribution in [3.63, 3.8) is 0 Å². The van der Waals surface area contributed by atoms with E-state index in [2.05, 4.69) is 23.1 Å². The molecule has 36 heavy (non-hydrogen) atoms. The van der Waals surface area contributed by atoms with E-state index in [-0.39, 0.29) is 24.8 Å². The number of hydrogen-bond donors (Lipinski definition) is 3. The van der Waals surface area contributed by atoms with Gasteiger partial charge < -0.3 is 10.6 Å². The molecule has 196 valence electrons. The number of carbonyl (C=O) groups is 1. The zero-order valence-corrected chi connectivity index (χ0v) is 21.3. The molecule has 1 aliphatic carbocycles. The third-order valence-electron chi connectivity index (χ3n) is 7.71. The van der Waals surface area contributed by atoms with Gasteiger partial charge in [0.05, 0.1) is 5.69 Å². The molecule has 1 aromatic carbocycles. The molecule has 3 heterocycles. The Morgan fingerprint density at radius 1 is 1.22 bits per heavy atom. The molecule has 1 saturated carbocycles. The van der Waals surface area contributed by atoms with Crippen molar-refractivity contribution in [1.29, 1.82) is 0 Å². The highest BCUT2D eigenvalue weighted by Crippen LogP contribution is 2.62. The number of hydrogen-bond acceptors (Lipinski definition) is 7. The third-order valence-corrected chi connectivity index (χ3v) is 9.56. The van der Waals surface area contributed by atoms with Gasteiger partial charge in [0.1, 0.15) is 5.69 Å². The Labute approximate surface area is 211 Å². The van der Waals surface area contributed by atoms with E-state index in [1.807, 2.05) is 13.0 Å². The maximum atomic E-state index is 13.5. The lowest BCUT2D eigenvalue weighted by molar-refractivity contribution is -0.123. The van der Waals surface area contributed by atoms with Gasteiger partial charge in [-0.25, -0.2) is 22.4 Å². The number of piperidine rings is 1. The minimum absolute atomic E-state index is 0.0219. The standard InChI is InChI=1S/C25H33F2N5O3S/c1-16-3-4-17(7-10-31-11-8-18(9-12-31)23(28)33)13-20(16)21-5-6-22-24(29-21)30(2)36(34,35)32(22)15-19-14-25(19,26)27/h3-6,13,18-19,34-35H,7-12,14-15H2,1-2H3,(H2,28,33). The van der Waals surface area contributed by atoms with E-state index < -0.39 is 22.8 Å². The smallest absolute Gasteiger partial charge is 0.253 e. The number of amides is 1. The lowest BCUT2D eigenvalue weighted by Gasteiger charge is -2.41. The number of pyridine rings is 1. The van der Waals surface area contributed by atoms with E-state index in [1.165, 1.54) is 15.7 Å². The molecule has 2 fully saturated rings. The number of anilines is 2. The van der Waals surface area contributed by atoms with Crippen LogP contribution in [0, 0.1) is 18.8 Å². The van der Waals surface area contributed by atoms with Gasteiger partial charge in [-0.2, -0.15) is 0 Å². The molecule has 2 aromatic rings. The number of nitrogens with zero attached hydrogens (tertiary/aromatic N) is 4. The highest BCUT2D eigenvalue weighted by molar-refractivity contribution is 8.26. The number of halogens is 2. The van der Waals surface area contributed by atoms with Gasteiger partial charge >= 0.3 is 0 Å². The number of carbonyl (C=O) groups excluding carboxylic acids is 1. The molecule has 1 atom stereocenters. The Bertz CT molecular complexity index is 1170. The van der Waals surface area contributed by atoms with E-state index in [1.54, 1.807) is 6.07 Å². The third kappa shape index (κ3) is 4.65. The van der Waals surface area contributed by atoms with Crippen molar-refractivity contribution in [2.75, 3.05) is 41.8 Å². The van der Waals surface area contributed by atoms with Crippen molar-refractivity contribution >= 4 is 28.4 Å². The van der Waals surface area contributed by atoms with Crippen LogP contribution in [-0.2, 0) is 11.2 Å². The number of rotatable bonds is 7. The lowest BCUT2D eigenvalue weighted by atomic mass is 9.95. The molecule has 11 heteroatoms. The first-order valence-electron chi connectivity index (χ1n) is 12.3. The van der Waals surface area contributed by atoms with Gasteiger partial charge in [0.15, 0.2) is 5.82 Å². The minimum Gasteiger partial charge on any atom is -0.369 e. The number of alkyl halides is 2. The second-order valence-electron chi connectivity index (χ2n) is 10.2. The average molecular weight is 522 g/mol. The van der Waals surface area contributed by atoms with Gasteiger partial charge in [-0.3, -0.25) is 13.9 Å². The predicted molar refractivity (Wildman–Crippen MR) is 138 cm³/mol. The monoisotopic (exact) mass is 521 g/mol. The van der Waals surface area contributed by atoms with Gasteiger partial charge in [-0.05, 0) is 79.6 Å². The minimum atomic E-state index is -3.44. The maximum Gasteiger partial charge on any atom is 0.253 e. The summed E-state index contributed by atoms with van der Waals surface area (Å²) in [5.41, 5.74) is 9.72. The van der Waals surface area contributed by atoms with Crippen molar-refractivity contribution in [3.8, 4) is 11.3 Å². The molecule has 5 rings (SSSR count). The van der Waals surface area contributed by atoms with E-state index in [0.29, 0.717) is 17.2 Å². The van der Waals surface area contributed by atoms with Crippen LogP contribution >= 0.6 is 11.0 Å². The first kappa shape index (κ1) is 25.2. The van der Waals surface area contributed by atoms with Gasteiger partial charge in [0.25, 0.3) is 5.92 Å². The number of aromatic nitrogens is 1. The molecule has 2 aliphatic heterocycles. The molecule has 0 bridgehead atoms. The molecule has 8 nitrogen and oxygen atoms in total. The molecule has 0 spiro atoms. The summed E-state index contributed by atoms with van der Waals surface area (Å²) >= 11 is 0. The van der Waals surface area contributed by atoms with Crippen LogP contribution < -0.4 is 14.3 Å². The number of likely N-dealkylation sites (tertiary alicyclic amines) is 1. The average Bonchev–Trinajstić information content (AvgIpc) is 3.41. The SMILES string of the molecule is Cc1ccc(CCN2CCC(C(N)=O)CC2)cc1-c1ccc2c(n1)N(C)S(O)(O)N2CC1CC1(F)F. The van der Waals surface area contributed by atoms with Crippen molar-refractivity contribution in [1.82, 2.24) is 9.88 Å². The Balaban J connectivity index is 1.32. The lowest BCUT2D eigenvalue weighted by Crippen LogP contribution is -2.39. The van der Waals surface area contributed by atoms with Crippen LogP contribution in [-0.4, -0.2) is 64.0 Å². The molecular weight excluding hydrogens is 488 g/mol. The number of fused-ring (bicyclic) bond motifs is 1. The molecule has 1 amide bonds. The zero-order chi connectivity index (χ0) is 25.8. The van der Waals surface area contributed by atoms with Crippen molar-refractivity contribution in [2.24, 2.45) is 17.6 Å². The molecule has 1 saturated heterocycles. The molecule has 4 N–H and O–H groups in total. The normalized spacial score (nSPS) is 24.0. The topological polar surface area (TPSA) is 106 Å². The highest BCUT2D eigenvalue weighted by atomic mass is 32.3. The summed E-state index contributed by atoms with van der Waals surface area (Å²) in [7, 11) is -1.91. The van der Waals surface area contributed by atoms with Crippen LogP contribution in [0.15, 0.2) is 30.3 Å². The zero-order valence-electron chi connectivity index (χ0n) is 20.5. The summed E-state index contributed by atoms with van der Waals surface area (Å²) in [5, 5.41) is 0. The Kier molecular flexibility index (Phi) is 6.39. The van der Waals surface area contributed by atoms with Crippen LogP contribution in [0.25, 0.3) is 11.3 Å². The summed E-state index contributed by atoms with van der Waals surface area (Å²) in [6.45, 7) is 4.48. The van der Waals surface area contributed by atoms with Crippen LogP contribution in [0.5, 0.6) is 0 Å². The van der Waals surface area contributed by atoms with Crippen LogP contribution in [0.3, 0.4) is 0 Å². The van der Waals surface area contributed by atoms with E-state index in [4.69, 9.17) is 10.7 Å². The van der Waals surface area contributed by atoms with Gasteiger partial charge in [0, 0.05) is 44.0 Å². The highest BCUT2D eigenvalue weighted by Gasteiger charge is 2.59. The summed E-state index contributed by atoms with van der Waals surface area (Å²) in [6.07, 6.45) is 2.22. The summed E-state index contributed by atoms with van der Waals surface area (Å²) in [5.74, 6) is -3.49. The molecular formula is C25H33F2N5O3S. The van der Waals surface area contributed by atoms with E-state index >= 15 is 0 Å². The number of aryl methyl sites for hydroxylation is 1. The number of benzene rings is 1. The van der Waals surface area contributed by atoms with Gasteiger partial charge in [-0.15, -0.1) is 0 Å². The fourth-order valence-corrected chi connectivity index (χ4v) is 6.56. The fraction of sp³-hybridized carbons (Fsp3) is 0.520. The van der Waals surface area contributed by atoms with E-state index in [9.17, 15) is 22.7 Å². The predicted octanol–water partition coefficient (Wildman–Crippen LogP) is 4.29. The quantitative estimate of drug-likeness (QED) is 0.499. The second-order valence-corrected chi connectivity index (χ2v) is 12.1. The molecule has 1 aromatic heterocycles. The van der Waals surface area contributed by atoms with Crippen LogP contribution in [0.2, 0.25) is 0 Å². The van der Waals surface area contributed by atoms with Crippen molar-refractivity contribution in [2.45, 2.75) is 38.5 Å². The maximum absolute atomic E-state index is 13.5. The van der Waals surface area contributed by atoms with Crippen LogP contribution in [0.1, 0.15) is 30.4 Å². The molecule has 1 unspecified atom stereocenters. The van der Waals surface area contributed by atoms with Crippen LogP contribution in [0.4, 0.5) is 20.3 Å². The summed E-state index contributed by atoms with van der Waals surface area (Å²) < 4.78 is 51.2. The molecule has 0 radical (unpaired) electrons. The van der Waals surface area contributed by atoms with Gasteiger partial charge in [0.2, 0.25) is 5.91 Å². The first-order chi connectivity index (χ1) is 17.0. The second kappa shape index (κ2) is 9.13. The Hall–Kier alpha value is -2.47. The fourth-order valence-electron chi connectivity index (χ4n) is 5.11. The summed E-state index contributed by atoms with van der Waals surface area (Å²) in [4.78, 5) is 18.5. The molecule has 3 aliphatic rings. The summed E-state index contributed by atoms with van der Waals surface area (Å²) in [6, 6.07) is 9.81. The largest absolute Gasteiger partial charge is 0.369 e. The van der Waals surface area contributed by atoms with Crippen molar-refractivity contribution < 1.29 is 22.7 Å². The Morgan fingerprint density at radius 2 is 1.92 bits per heavy atom. The Morgan fingerprint density at radius 3 is 2.56 bits per heavy atom. The van der Waals surface area contributed by atoms with Crippen molar-refractivity contribution in [3.05, 3.63) is 41.5 Å². The van der Waals surface area contributed by atoms with E-state index in [0.717, 1.165) is 55.6 Å². The van der Waals surface area contributed by atoms with Gasteiger partial charge in [-0.1, -0.05) is 12.1 Å². The number of nitrogens with two attached hydrogens (primary N) is 1. The first-order valence-corrected chi connectivity index (χ1v) is 13.7.